The van der Waals surface area contributed by atoms with E-state index < -0.39 is 23.9 Å². The van der Waals surface area contributed by atoms with Gasteiger partial charge in [-0.15, -0.1) is 0 Å². The summed E-state index contributed by atoms with van der Waals surface area (Å²) in [5.41, 5.74) is 3.63. The Bertz CT molecular complexity index is 1220. The molecule has 0 saturated carbocycles. The molecule has 0 radical (unpaired) electrons. The SMILES string of the molecule is CCOC(=O)C1=C(C)NC(=O)N[C@H]1c1ccc(OCC(=O)N/N=C\c2ccc(N(CC)CC)o2)c(OC)c1. The molecule has 3 N–H and O–H groups in total. The van der Waals surface area contributed by atoms with Crippen LogP contribution >= 0.6 is 0 Å². The number of hydrogen-bond acceptors (Lipinski definition) is 9. The fourth-order valence-electron chi connectivity index (χ4n) is 3.87. The van der Waals surface area contributed by atoms with Crippen LogP contribution in [0.5, 0.6) is 11.5 Å². The first-order valence-electron chi connectivity index (χ1n) is 12.2. The summed E-state index contributed by atoms with van der Waals surface area (Å²) in [7, 11) is 1.44. The van der Waals surface area contributed by atoms with Gasteiger partial charge in [0.1, 0.15) is 5.76 Å². The normalized spacial score (nSPS) is 15.1. The Morgan fingerprint density at radius 2 is 1.92 bits per heavy atom. The van der Waals surface area contributed by atoms with E-state index in [4.69, 9.17) is 18.6 Å². The number of anilines is 1. The Morgan fingerprint density at radius 3 is 2.61 bits per heavy atom. The van der Waals surface area contributed by atoms with Gasteiger partial charge in [-0.2, -0.15) is 5.10 Å². The second kappa shape index (κ2) is 13.2. The van der Waals surface area contributed by atoms with Crippen LogP contribution in [0.25, 0.3) is 0 Å². The Labute approximate surface area is 221 Å². The third-order valence-electron chi connectivity index (χ3n) is 5.71. The number of nitrogens with zero attached hydrogens (tertiary/aromatic N) is 2. The van der Waals surface area contributed by atoms with Crippen LogP contribution in [0.4, 0.5) is 10.7 Å². The fraction of sp³-hybridized carbons (Fsp3) is 0.385. The van der Waals surface area contributed by atoms with Crippen molar-refractivity contribution in [1.82, 2.24) is 16.1 Å². The van der Waals surface area contributed by atoms with E-state index in [0.29, 0.717) is 28.5 Å². The molecule has 1 aromatic carbocycles. The molecule has 1 aliphatic heterocycles. The van der Waals surface area contributed by atoms with Crippen molar-refractivity contribution in [3.05, 3.63) is 52.9 Å². The average molecular weight is 528 g/mol. The first-order valence-corrected chi connectivity index (χ1v) is 12.2. The number of carbonyl (C=O) groups excluding carboxylic acids is 3. The zero-order chi connectivity index (χ0) is 27.7. The second-order valence-electron chi connectivity index (χ2n) is 8.13. The Hall–Kier alpha value is -4.48. The highest BCUT2D eigenvalue weighted by Crippen LogP contribution is 2.34. The van der Waals surface area contributed by atoms with Gasteiger partial charge in [-0.25, -0.2) is 15.0 Å². The average Bonchev–Trinajstić information content (AvgIpc) is 3.36. The number of hydrogen-bond donors (Lipinski definition) is 3. The van der Waals surface area contributed by atoms with Crippen LogP contribution in [-0.4, -0.2) is 57.5 Å². The molecule has 12 nitrogen and oxygen atoms in total. The van der Waals surface area contributed by atoms with Crippen molar-refractivity contribution in [3.63, 3.8) is 0 Å². The van der Waals surface area contributed by atoms with Crippen molar-refractivity contribution in [2.45, 2.75) is 33.7 Å². The predicted octanol–water partition coefficient (Wildman–Crippen LogP) is 2.85. The van der Waals surface area contributed by atoms with Crippen LogP contribution in [0, 0.1) is 0 Å². The molecule has 0 fully saturated rings. The van der Waals surface area contributed by atoms with Crippen molar-refractivity contribution in [2.24, 2.45) is 5.10 Å². The number of ether oxygens (including phenoxy) is 3. The van der Waals surface area contributed by atoms with Gasteiger partial charge < -0.3 is 34.2 Å². The van der Waals surface area contributed by atoms with Crippen LogP contribution in [-0.2, 0) is 14.3 Å². The van der Waals surface area contributed by atoms with Crippen molar-refractivity contribution >= 4 is 30.0 Å². The molecular formula is C26H33N5O7. The van der Waals surface area contributed by atoms with Crippen LogP contribution in [0.3, 0.4) is 0 Å². The maximum Gasteiger partial charge on any atom is 0.338 e. The van der Waals surface area contributed by atoms with Gasteiger partial charge in [-0.3, -0.25) is 4.79 Å². The number of hydrazone groups is 1. The first-order chi connectivity index (χ1) is 18.3. The highest BCUT2D eigenvalue weighted by Gasteiger charge is 2.32. The quantitative estimate of drug-likeness (QED) is 0.217. The molecule has 1 aliphatic rings. The molecule has 12 heteroatoms. The molecule has 2 heterocycles. The zero-order valence-electron chi connectivity index (χ0n) is 22.1. The van der Waals surface area contributed by atoms with Crippen LogP contribution in [0.2, 0.25) is 0 Å². The van der Waals surface area contributed by atoms with Crippen LogP contribution < -0.4 is 30.4 Å². The molecule has 38 heavy (non-hydrogen) atoms. The summed E-state index contributed by atoms with van der Waals surface area (Å²) in [4.78, 5) is 38.9. The zero-order valence-corrected chi connectivity index (χ0v) is 22.1. The molecule has 0 saturated heterocycles. The summed E-state index contributed by atoms with van der Waals surface area (Å²) in [5.74, 6) is 0.804. The minimum atomic E-state index is -0.757. The number of urea groups is 1. The van der Waals surface area contributed by atoms with Crippen molar-refractivity contribution in [1.29, 1.82) is 0 Å². The topological polar surface area (TPSA) is 144 Å². The number of amides is 3. The number of nitrogens with one attached hydrogen (secondary N) is 3. The summed E-state index contributed by atoms with van der Waals surface area (Å²) in [6.45, 7) is 8.89. The molecule has 204 valence electrons. The minimum Gasteiger partial charge on any atom is -0.493 e. The van der Waals surface area contributed by atoms with E-state index >= 15 is 0 Å². The van der Waals surface area contributed by atoms with Gasteiger partial charge in [0.2, 0.25) is 0 Å². The standard InChI is InChI=1S/C26H33N5O7/c1-6-31(7-2)22-12-10-18(38-22)14-27-30-21(32)15-37-19-11-9-17(13-20(19)35-5)24-23(25(33)36-8-3)16(4)28-26(34)29-24/h9-14,24H,6-8,15H2,1-5H3,(H,30,32)(H2,28,29,34)/b27-14-/t24-/m0/s1. The maximum atomic E-state index is 12.5. The van der Waals surface area contributed by atoms with E-state index in [1.165, 1.54) is 13.3 Å². The molecule has 0 unspecified atom stereocenters. The minimum absolute atomic E-state index is 0.192. The van der Waals surface area contributed by atoms with Gasteiger partial charge >= 0.3 is 12.0 Å². The Kier molecular flexibility index (Phi) is 9.74. The first kappa shape index (κ1) is 28.1. The summed E-state index contributed by atoms with van der Waals surface area (Å²) in [5, 5.41) is 9.22. The molecule has 0 bridgehead atoms. The Balaban J connectivity index is 1.64. The molecule has 0 spiro atoms. The van der Waals surface area contributed by atoms with Crippen LogP contribution in [0.15, 0.2) is 51.1 Å². The number of esters is 1. The molecule has 2 aromatic rings. The molecule has 0 aliphatic carbocycles. The molecular weight excluding hydrogens is 494 g/mol. The highest BCUT2D eigenvalue weighted by atomic mass is 16.5. The monoisotopic (exact) mass is 527 g/mol. The number of benzene rings is 1. The number of carbonyl (C=O) groups is 3. The van der Waals surface area contributed by atoms with Crippen molar-refractivity contribution in [2.75, 3.05) is 38.3 Å². The highest BCUT2D eigenvalue weighted by molar-refractivity contribution is 5.95. The lowest BCUT2D eigenvalue weighted by Crippen LogP contribution is -2.45. The van der Waals surface area contributed by atoms with E-state index in [1.807, 2.05) is 19.9 Å². The van der Waals surface area contributed by atoms with Gasteiger partial charge in [-0.1, -0.05) is 6.07 Å². The number of allylic oxidation sites excluding steroid dienone is 1. The third kappa shape index (κ3) is 6.84. The summed E-state index contributed by atoms with van der Waals surface area (Å²) < 4.78 is 21.9. The maximum absolute atomic E-state index is 12.5. The second-order valence-corrected chi connectivity index (χ2v) is 8.13. The summed E-state index contributed by atoms with van der Waals surface area (Å²) in [6, 6.07) is 7.29. The third-order valence-corrected chi connectivity index (χ3v) is 5.71. The lowest BCUT2D eigenvalue weighted by atomic mass is 9.95. The van der Waals surface area contributed by atoms with E-state index in [-0.39, 0.29) is 18.8 Å². The van der Waals surface area contributed by atoms with E-state index in [1.54, 1.807) is 38.1 Å². The lowest BCUT2D eigenvalue weighted by Gasteiger charge is -2.28. The van der Waals surface area contributed by atoms with Gasteiger partial charge in [0, 0.05) is 24.9 Å². The molecule has 1 atom stereocenters. The van der Waals surface area contributed by atoms with E-state index in [9.17, 15) is 14.4 Å². The summed E-state index contributed by atoms with van der Waals surface area (Å²) in [6.07, 6.45) is 1.41. The number of methoxy groups -OCH3 is 1. The fourth-order valence-corrected chi connectivity index (χ4v) is 3.87. The largest absolute Gasteiger partial charge is 0.493 e. The van der Waals surface area contributed by atoms with Gasteiger partial charge in [0.15, 0.2) is 24.0 Å². The molecule has 3 amide bonds. The van der Waals surface area contributed by atoms with E-state index in [2.05, 4.69) is 26.1 Å². The molecule has 3 rings (SSSR count). The lowest BCUT2D eigenvalue weighted by molar-refractivity contribution is -0.139. The van der Waals surface area contributed by atoms with Crippen LogP contribution in [0.1, 0.15) is 45.1 Å². The predicted molar refractivity (Wildman–Crippen MR) is 140 cm³/mol. The van der Waals surface area contributed by atoms with Gasteiger partial charge in [0.05, 0.1) is 31.5 Å². The molecule has 1 aromatic heterocycles. The number of furan rings is 1. The van der Waals surface area contributed by atoms with Crippen molar-refractivity contribution in [3.8, 4) is 11.5 Å². The van der Waals surface area contributed by atoms with Gasteiger partial charge in [0.25, 0.3) is 5.91 Å². The number of rotatable bonds is 12. The van der Waals surface area contributed by atoms with Gasteiger partial charge in [-0.05, 0) is 51.5 Å². The summed E-state index contributed by atoms with van der Waals surface area (Å²) >= 11 is 0. The van der Waals surface area contributed by atoms with E-state index in [0.717, 1.165) is 19.0 Å². The van der Waals surface area contributed by atoms with Crippen molar-refractivity contribution < 1.29 is 33.0 Å². The Morgan fingerprint density at radius 1 is 1.16 bits per heavy atom. The smallest absolute Gasteiger partial charge is 0.338 e.